The van der Waals surface area contributed by atoms with Gasteiger partial charge in [-0.15, -0.1) is 0 Å². The number of hydrogen-bond donors (Lipinski definition) is 4. The van der Waals surface area contributed by atoms with E-state index in [1.165, 1.54) is 0 Å². The lowest BCUT2D eigenvalue weighted by Crippen LogP contribution is -2.59. The van der Waals surface area contributed by atoms with Crippen LogP contribution < -0.4 is 0 Å². The monoisotopic (exact) mass is 374 g/mol. The van der Waals surface area contributed by atoms with Gasteiger partial charge in [0.15, 0.2) is 0 Å². The molecule has 1 fully saturated rings. The smallest absolute Gasteiger partial charge is 0.341 e. The molecule has 142 valence electrons. The van der Waals surface area contributed by atoms with E-state index < -0.39 is 70.1 Å². The van der Waals surface area contributed by atoms with Crippen LogP contribution in [0.3, 0.4) is 0 Å². The van der Waals surface area contributed by atoms with Gasteiger partial charge in [-0.3, -0.25) is 20.2 Å². The Morgan fingerprint density at radius 3 is 2.04 bits per heavy atom. The number of ether oxygens (including phenoxy) is 2. The predicted octanol–water partition coefficient (Wildman–Crippen LogP) is -1.54. The number of aliphatic hydroxyl groups is 4. The minimum Gasteiger partial charge on any atom is -0.429 e. The van der Waals surface area contributed by atoms with Gasteiger partial charge in [0.25, 0.3) is 11.4 Å². The van der Waals surface area contributed by atoms with Crippen LogP contribution in [0.25, 0.3) is 0 Å². The Bertz CT molecular complexity index is 690. The Morgan fingerprint density at radius 1 is 1.04 bits per heavy atom. The number of rotatable bonds is 5. The lowest BCUT2D eigenvalue weighted by Gasteiger charge is -2.39. The van der Waals surface area contributed by atoms with E-state index in [2.05, 4.69) is 0 Å². The Kier molecular flexibility index (Phi) is 5.79. The van der Waals surface area contributed by atoms with Crippen molar-refractivity contribution in [3.63, 3.8) is 0 Å². The third kappa shape index (κ3) is 3.92. The normalized spacial score (nSPS) is 28.4. The van der Waals surface area contributed by atoms with Crippen molar-refractivity contribution in [1.29, 1.82) is 0 Å². The molecule has 13 nitrogen and oxygen atoms in total. The molecule has 0 bridgehead atoms. The summed E-state index contributed by atoms with van der Waals surface area (Å²) in [5.74, 6) is -1.32. The number of aliphatic hydroxyl groups excluding tert-OH is 4. The molecule has 1 saturated heterocycles. The summed E-state index contributed by atoms with van der Waals surface area (Å²) in [5.41, 5.74) is -2.04. The Hall–Kier alpha value is -2.71. The van der Waals surface area contributed by atoms with Crippen molar-refractivity contribution in [3.05, 3.63) is 44.0 Å². The first-order chi connectivity index (χ1) is 12.1. The van der Waals surface area contributed by atoms with E-state index >= 15 is 0 Å². The van der Waals surface area contributed by atoms with Gasteiger partial charge in [-0.1, -0.05) is 0 Å². The standard InChI is InChI=1S/C13H14N2O11/c16-4-8-9(17)10(18)11(19)13(25-8)26-12(20)5-1-6(14(21)22)3-7(2-5)15(23)24/h1-3,8-11,13,16-19H,4H2/t8-,9-,10+,11-,13+/m1/s1. The summed E-state index contributed by atoms with van der Waals surface area (Å²) in [6.45, 7) is -0.763. The molecule has 1 aromatic carbocycles. The van der Waals surface area contributed by atoms with E-state index in [0.29, 0.717) is 6.07 Å². The van der Waals surface area contributed by atoms with E-state index in [4.69, 9.17) is 14.6 Å². The van der Waals surface area contributed by atoms with Gasteiger partial charge < -0.3 is 29.9 Å². The highest BCUT2D eigenvalue weighted by atomic mass is 16.7. The second kappa shape index (κ2) is 7.67. The third-order valence-corrected chi connectivity index (χ3v) is 3.63. The average molecular weight is 374 g/mol. The third-order valence-electron chi connectivity index (χ3n) is 3.63. The molecule has 0 radical (unpaired) electrons. The summed E-state index contributed by atoms with van der Waals surface area (Å²) in [4.78, 5) is 31.9. The van der Waals surface area contributed by atoms with Crippen molar-refractivity contribution in [1.82, 2.24) is 0 Å². The second-order valence-corrected chi connectivity index (χ2v) is 5.35. The molecule has 0 saturated carbocycles. The van der Waals surface area contributed by atoms with Crippen molar-refractivity contribution in [2.45, 2.75) is 30.7 Å². The zero-order chi connectivity index (χ0) is 19.6. The van der Waals surface area contributed by atoms with Crippen molar-refractivity contribution >= 4 is 17.3 Å². The molecular formula is C13H14N2O11. The maximum Gasteiger partial charge on any atom is 0.341 e. The number of nitro benzene ring substituents is 2. The second-order valence-electron chi connectivity index (χ2n) is 5.35. The molecule has 13 heteroatoms. The van der Waals surface area contributed by atoms with Gasteiger partial charge in [0, 0.05) is 12.1 Å². The number of nitro groups is 2. The lowest BCUT2D eigenvalue weighted by atomic mass is 9.99. The minimum atomic E-state index is -1.88. The number of non-ortho nitro benzene ring substituents is 2. The van der Waals surface area contributed by atoms with Gasteiger partial charge >= 0.3 is 5.97 Å². The van der Waals surface area contributed by atoms with E-state index in [9.17, 15) is 40.3 Å². The van der Waals surface area contributed by atoms with Gasteiger partial charge in [-0.05, 0) is 0 Å². The van der Waals surface area contributed by atoms with Gasteiger partial charge in [0.2, 0.25) is 6.29 Å². The van der Waals surface area contributed by atoms with Crippen LogP contribution in [0.15, 0.2) is 18.2 Å². The highest BCUT2D eigenvalue weighted by Crippen LogP contribution is 2.26. The van der Waals surface area contributed by atoms with E-state index in [1.807, 2.05) is 0 Å². The molecule has 1 aliphatic heterocycles. The molecule has 0 unspecified atom stereocenters. The van der Waals surface area contributed by atoms with Gasteiger partial charge in [-0.25, -0.2) is 4.79 Å². The first-order valence-corrected chi connectivity index (χ1v) is 7.11. The average Bonchev–Trinajstić information content (AvgIpc) is 2.61. The zero-order valence-corrected chi connectivity index (χ0v) is 12.9. The summed E-state index contributed by atoms with van der Waals surface area (Å²) >= 11 is 0. The molecule has 1 heterocycles. The Morgan fingerprint density at radius 2 is 1.58 bits per heavy atom. The fourth-order valence-electron chi connectivity index (χ4n) is 2.26. The number of hydrogen-bond acceptors (Lipinski definition) is 11. The highest BCUT2D eigenvalue weighted by molar-refractivity contribution is 5.91. The number of esters is 1. The largest absolute Gasteiger partial charge is 0.429 e. The number of benzene rings is 1. The molecule has 0 aliphatic carbocycles. The van der Waals surface area contributed by atoms with Crippen molar-refractivity contribution in [2.75, 3.05) is 6.61 Å². The highest BCUT2D eigenvalue weighted by Gasteiger charge is 2.45. The molecule has 0 spiro atoms. The lowest BCUT2D eigenvalue weighted by molar-refractivity contribution is -0.394. The van der Waals surface area contributed by atoms with Crippen molar-refractivity contribution in [3.8, 4) is 0 Å². The van der Waals surface area contributed by atoms with E-state index in [1.54, 1.807) is 0 Å². The number of carbonyl (C=O) groups excluding carboxylic acids is 1. The predicted molar refractivity (Wildman–Crippen MR) is 78.9 cm³/mol. The quantitative estimate of drug-likeness (QED) is 0.264. The summed E-state index contributed by atoms with van der Waals surface area (Å²) in [7, 11) is 0. The van der Waals surface area contributed by atoms with Gasteiger partial charge in [0.05, 0.1) is 28.1 Å². The molecular weight excluding hydrogens is 360 g/mol. The van der Waals surface area contributed by atoms with Crippen LogP contribution in [-0.2, 0) is 9.47 Å². The fourth-order valence-corrected chi connectivity index (χ4v) is 2.26. The van der Waals surface area contributed by atoms with Crippen LogP contribution in [0.5, 0.6) is 0 Å². The summed E-state index contributed by atoms with van der Waals surface area (Å²) in [5, 5.41) is 59.8. The minimum absolute atomic E-state index is 0.567. The molecule has 26 heavy (non-hydrogen) atoms. The number of nitrogens with zero attached hydrogens (tertiary/aromatic N) is 2. The summed E-state index contributed by atoms with van der Waals surface area (Å²) in [6, 6.07) is 2.09. The molecule has 1 aromatic rings. The number of carbonyl (C=O) groups is 1. The van der Waals surface area contributed by atoms with Crippen LogP contribution in [0.1, 0.15) is 10.4 Å². The van der Waals surface area contributed by atoms with Crippen LogP contribution in [0, 0.1) is 20.2 Å². The molecule has 0 aromatic heterocycles. The Labute approximate surface area is 144 Å². The molecule has 1 aliphatic rings. The van der Waals surface area contributed by atoms with E-state index in [0.717, 1.165) is 12.1 Å². The van der Waals surface area contributed by atoms with Crippen LogP contribution >= 0.6 is 0 Å². The van der Waals surface area contributed by atoms with Crippen molar-refractivity contribution in [2.24, 2.45) is 0 Å². The molecule has 4 N–H and O–H groups in total. The molecule has 2 rings (SSSR count). The maximum atomic E-state index is 12.1. The SMILES string of the molecule is O=C(O[C@@H]1O[C@H](CO)[C@@H](O)[C@H](O)[C@H]1O)c1cc([N+](=O)[O-])cc([N+](=O)[O-])c1. The Balaban J connectivity index is 2.26. The fraction of sp³-hybridized carbons (Fsp3) is 0.462. The first kappa shape index (κ1) is 19.6. The van der Waals surface area contributed by atoms with Crippen molar-refractivity contribution < 1.29 is 44.5 Å². The van der Waals surface area contributed by atoms with Crippen LogP contribution in [0.2, 0.25) is 0 Å². The van der Waals surface area contributed by atoms with E-state index in [-0.39, 0.29) is 0 Å². The topological polar surface area (TPSA) is 203 Å². The van der Waals surface area contributed by atoms with Crippen LogP contribution in [-0.4, -0.2) is 73.6 Å². The maximum absolute atomic E-state index is 12.1. The zero-order valence-electron chi connectivity index (χ0n) is 12.9. The summed E-state index contributed by atoms with van der Waals surface area (Å²) in [6.07, 6.45) is -8.53. The van der Waals surface area contributed by atoms with Crippen LogP contribution in [0.4, 0.5) is 11.4 Å². The van der Waals surface area contributed by atoms with Gasteiger partial charge in [-0.2, -0.15) is 0 Å². The molecule has 0 amide bonds. The van der Waals surface area contributed by atoms with Gasteiger partial charge in [0.1, 0.15) is 24.4 Å². The summed E-state index contributed by atoms with van der Waals surface area (Å²) < 4.78 is 9.73. The first-order valence-electron chi connectivity index (χ1n) is 7.11. The molecule has 5 atom stereocenters.